The van der Waals surface area contributed by atoms with E-state index < -0.39 is 17.5 Å². The molecule has 0 saturated carbocycles. The molecule has 0 unspecified atom stereocenters. The zero-order valence-corrected chi connectivity index (χ0v) is 12.1. The van der Waals surface area contributed by atoms with E-state index in [4.69, 9.17) is 12.2 Å². The molecule has 110 valence electrons. The summed E-state index contributed by atoms with van der Waals surface area (Å²) in [5, 5.41) is 4.28. The Kier molecular flexibility index (Phi) is 3.12. The third kappa shape index (κ3) is 1.98. The number of benzene rings is 1. The fourth-order valence-electron chi connectivity index (χ4n) is 2.35. The summed E-state index contributed by atoms with van der Waals surface area (Å²) in [7, 11) is 0. The van der Waals surface area contributed by atoms with Gasteiger partial charge in [-0.25, -0.2) is 17.9 Å². The molecule has 0 aliphatic carbocycles. The molecular weight excluding hydrogens is 301 g/mol. The minimum Gasteiger partial charge on any atom is -0.327 e. The van der Waals surface area contributed by atoms with Gasteiger partial charge in [0.15, 0.2) is 22.1 Å². The van der Waals surface area contributed by atoms with Crippen molar-refractivity contribution < 1.29 is 13.2 Å². The largest absolute Gasteiger partial charge is 0.327 e. The first kappa shape index (κ1) is 13.9. The number of hydrogen-bond acceptors (Lipinski definition) is 2. The van der Waals surface area contributed by atoms with Gasteiger partial charge in [0.05, 0.1) is 11.4 Å². The van der Waals surface area contributed by atoms with Crippen molar-refractivity contribution in [3.63, 3.8) is 0 Å². The molecule has 0 atom stereocenters. The second-order valence-corrected chi connectivity index (χ2v) is 4.97. The van der Waals surface area contributed by atoms with Crippen LogP contribution in [0.15, 0.2) is 12.1 Å². The summed E-state index contributed by atoms with van der Waals surface area (Å²) in [6.07, 6.45) is 0. The molecule has 21 heavy (non-hydrogen) atoms. The average Bonchev–Trinajstić information content (AvgIpc) is 2.91. The van der Waals surface area contributed by atoms with Crippen molar-refractivity contribution in [3.05, 3.63) is 40.0 Å². The fourth-order valence-corrected chi connectivity index (χ4v) is 2.64. The smallest absolute Gasteiger partial charge is 0.184 e. The lowest BCUT2D eigenvalue weighted by Crippen LogP contribution is -2.06. The molecule has 0 amide bonds. The zero-order chi connectivity index (χ0) is 15.3. The average molecular weight is 312 g/mol. The molecular formula is C13H11F3N4S. The number of halogens is 3. The van der Waals surface area contributed by atoms with Gasteiger partial charge in [-0.15, -0.1) is 0 Å². The molecule has 1 aromatic carbocycles. The molecule has 4 nitrogen and oxygen atoms in total. The maximum Gasteiger partial charge on any atom is 0.184 e. The van der Waals surface area contributed by atoms with Gasteiger partial charge in [0.25, 0.3) is 0 Å². The third-order valence-corrected chi connectivity index (χ3v) is 3.55. The predicted molar refractivity (Wildman–Crippen MR) is 74.5 cm³/mol. The molecule has 2 aromatic heterocycles. The standard InChI is InChI=1S/C13H11F3N4S/c1-3-19-12-11(6(2)18-19)17-13(21)20(12)9-5-7(14)4-8(15)10(9)16/h4-5H,3H2,1-2H3,(H,17,21). The number of aromatic amines is 1. The maximum atomic E-state index is 14.0. The molecule has 0 spiro atoms. The lowest BCUT2D eigenvalue weighted by atomic mass is 10.2. The number of imidazole rings is 1. The van der Waals surface area contributed by atoms with E-state index in [9.17, 15) is 13.2 Å². The Labute approximate surface area is 122 Å². The first-order chi connectivity index (χ1) is 9.93. The second-order valence-electron chi connectivity index (χ2n) is 4.59. The van der Waals surface area contributed by atoms with E-state index in [-0.39, 0.29) is 10.5 Å². The number of H-pyrrole nitrogens is 1. The first-order valence-electron chi connectivity index (χ1n) is 6.27. The SMILES string of the molecule is CCn1nc(C)c2[nH]c(=S)n(-c3cc(F)cc(F)c3F)c21. The minimum atomic E-state index is -1.26. The number of aryl methyl sites for hydroxylation is 2. The van der Waals surface area contributed by atoms with E-state index in [0.29, 0.717) is 29.5 Å². The van der Waals surface area contributed by atoms with Crippen LogP contribution in [0.25, 0.3) is 16.9 Å². The first-order valence-corrected chi connectivity index (χ1v) is 6.68. The molecule has 0 fully saturated rings. The fraction of sp³-hybridized carbons (Fsp3) is 0.231. The number of fused-ring (bicyclic) bond motifs is 1. The number of aromatic nitrogens is 4. The molecule has 0 bridgehead atoms. The molecule has 1 N–H and O–H groups in total. The highest BCUT2D eigenvalue weighted by atomic mass is 32.1. The van der Waals surface area contributed by atoms with Crippen LogP contribution in [0, 0.1) is 29.1 Å². The molecule has 0 aliphatic heterocycles. The van der Waals surface area contributed by atoms with Crippen LogP contribution in [0.3, 0.4) is 0 Å². The Balaban J connectivity index is 2.46. The van der Waals surface area contributed by atoms with E-state index >= 15 is 0 Å². The summed E-state index contributed by atoms with van der Waals surface area (Å²) in [5.74, 6) is -3.30. The normalized spacial score (nSPS) is 11.5. The highest BCUT2D eigenvalue weighted by Gasteiger charge is 2.20. The maximum absolute atomic E-state index is 14.0. The lowest BCUT2D eigenvalue weighted by Gasteiger charge is -2.08. The third-order valence-electron chi connectivity index (χ3n) is 3.26. The van der Waals surface area contributed by atoms with Crippen LogP contribution in [-0.2, 0) is 6.54 Å². The van der Waals surface area contributed by atoms with Crippen molar-refractivity contribution in [2.75, 3.05) is 0 Å². The highest BCUT2D eigenvalue weighted by molar-refractivity contribution is 7.71. The summed E-state index contributed by atoms with van der Waals surface area (Å²) in [6.45, 7) is 4.14. The van der Waals surface area contributed by atoms with E-state index in [1.54, 1.807) is 11.6 Å². The Morgan fingerprint density at radius 1 is 1.29 bits per heavy atom. The van der Waals surface area contributed by atoms with Gasteiger partial charge in [-0.2, -0.15) is 5.10 Å². The molecule has 3 rings (SSSR count). The Bertz CT molecular complexity index is 906. The van der Waals surface area contributed by atoms with Crippen molar-refractivity contribution >= 4 is 23.4 Å². The molecule has 0 radical (unpaired) electrons. The lowest BCUT2D eigenvalue weighted by molar-refractivity contribution is 0.490. The van der Waals surface area contributed by atoms with Crippen molar-refractivity contribution in [2.24, 2.45) is 0 Å². The topological polar surface area (TPSA) is 38.5 Å². The molecule has 3 aromatic rings. The van der Waals surface area contributed by atoms with Crippen molar-refractivity contribution in [2.45, 2.75) is 20.4 Å². The van der Waals surface area contributed by atoms with Gasteiger partial charge in [-0.05, 0) is 26.1 Å². The highest BCUT2D eigenvalue weighted by Crippen LogP contribution is 2.25. The van der Waals surface area contributed by atoms with Gasteiger partial charge in [0.2, 0.25) is 0 Å². The van der Waals surface area contributed by atoms with Gasteiger partial charge in [0, 0.05) is 18.7 Å². The van der Waals surface area contributed by atoms with E-state index in [1.165, 1.54) is 4.57 Å². The van der Waals surface area contributed by atoms with E-state index in [1.807, 2.05) is 6.92 Å². The second kappa shape index (κ2) is 4.73. The van der Waals surface area contributed by atoms with Gasteiger partial charge < -0.3 is 4.98 Å². The number of nitrogens with zero attached hydrogens (tertiary/aromatic N) is 3. The van der Waals surface area contributed by atoms with Gasteiger partial charge in [-0.3, -0.25) is 4.57 Å². The summed E-state index contributed by atoms with van der Waals surface area (Å²) in [6, 6.07) is 1.40. The Hall–Kier alpha value is -2.09. The van der Waals surface area contributed by atoms with Crippen molar-refractivity contribution in [3.8, 4) is 5.69 Å². The van der Waals surface area contributed by atoms with E-state index in [2.05, 4.69) is 10.1 Å². The van der Waals surface area contributed by atoms with Crippen molar-refractivity contribution in [1.82, 2.24) is 19.3 Å². The zero-order valence-electron chi connectivity index (χ0n) is 11.2. The summed E-state index contributed by atoms with van der Waals surface area (Å²) >= 11 is 5.16. The monoisotopic (exact) mass is 312 g/mol. The summed E-state index contributed by atoms with van der Waals surface area (Å²) in [4.78, 5) is 2.90. The van der Waals surface area contributed by atoms with Crippen LogP contribution in [0.4, 0.5) is 13.2 Å². The predicted octanol–water partition coefficient (Wildman–Crippen LogP) is 3.63. The minimum absolute atomic E-state index is 0.150. The number of hydrogen-bond donors (Lipinski definition) is 1. The Morgan fingerprint density at radius 3 is 2.67 bits per heavy atom. The van der Waals surface area contributed by atoms with Crippen LogP contribution in [-0.4, -0.2) is 19.3 Å². The number of rotatable bonds is 2. The van der Waals surface area contributed by atoms with Gasteiger partial charge in [0.1, 0.15) is 11.3 Å². The van der Waals surface area contributed by atoms with Crippen molar-refractivity contribution in [1.29, 1.82) is 0 Å². The quantitative estimate of drug-likeness (QED) is 0.580. The number of nitrogens with one attached hydrogen (secondary N) is 1. The van der Waals surface area contributed by atoms with Gasteiger partial charge >= 0.3 is 0 Å². The summed E-state index contributed by atoms with van der Waals surface area (Å²) < 4.78 is 43.9. The van der Waals surface area contributed by atoms with Crippen LogP contribution >= 0.6 is 12.2 Å². The molecule has 0 aliphatic rings. The Morgan fingerprint density at radius 2 is 2.00 bits per heavy atom. The molecule has 0 saturated heterocycles. The van der Waals surface area contributed by atoms with Crippen LogP contribution < -0.4 is 0 Å². The molecule has 8 heteroatoms. The molecule has 2 heterocycles. The van der Waals surface area contributed by atoms with Gasteiger partial charge in [-0.1, -0.05) is 0 Å². The summed E-state index contributed by atoms with van der Waals surface area (Å²) in [5.41, 5.74) is 1.49. The van der Waals surface area contributed by atoms with Crippen LogP contribution in [0.2, 0.25) is 0 Å². The van der Waals surface area contributed by atoms with Crippen LogP contribution in [0.5, 0.6) is 0 Å². The van der Waals surface area contributed by atoms with E-state index in [0.717, 1.165) is 6.07 Å². The van der Waals surface area contributed by atoms with Crippen LogP contribution in [0.1, 0.15) is 12.6 Å².